The molecule has 1 saturated heterocycles. The van der Waals surface area contributed by atoms with Gasteiger partial charge >= 0.3 is 5.97 Å². The average Bonchev–Trinajstić information content (AvgIpc) is 3.74. The van der Waals surface area contributed by atoms with Gasteiger partial charge in [-0.15, -0.1) is 11.3 Å². The van der Waals surface area contributed by atoms with E-state index in [1.165, 1.54) is 51.3 Å². The van der Waals surface area contributed by atoms with Gasteiger partial charge in [0.15, 0.2) is 4.34 Å². The number of fused-ring (bicyclic) bond motifs is 1. The molecule has 6 rings (SSSR count). The second-order valence-electron chi connectivity index (χ2n) is 9.72. The number of ether oxygens (including phenoxy) is 2. The zero-order chi connectivity index (χ0) is 31.3. The van der Waals surface area contributed by atoms with E-state index in [1.807, 2.05) is 29.6 Å². The summed E-state index contributed by atoms with van der Waals surface area (Å²) in [5.74, 6) is -0.591. The molecular weight excluding hydrogens is 675 g/mol. The van der Waals surface area contributed by atoms with Gasteiger partial charge in [0, 0.05) is 27.9 Å². The molecule has 1 N–H and O–H groups in total. The van der Waals surface area contributed by atoms with E-state index >= 15 is 0 Å². The van der Waals surface area contributed by atoms with Crippen molar-refractivity contribution in [1.29, 1.82) is 0 Å². The van der Waals surface area contributed by atoms with Gasteiger partial charge in [-0.2, -0.15) is 4.37 Å². The van der Waals surface area contributed by atoms with Crippen molar-refractivity contribution in [2.45, 2.75) is 38.8 Å². The lowest BCUT2D eigenvalue weighted by atomic mass is 10.0. The summed E-state index contributed by atoms with van der Waals surface area (Å²) < 4.78 is 29.4. The highest BCUT2D eigenvalue weighted by Crippen LogP contribution is 2.38. The SMILES string of the molecule is COc1ccc(COC(=O)C2=C(CSc3nc(Sc4ccncc4)ns3)CS(=O)[C@@H]3C(NC(=O)Cc4cccs4)C(=O)N23)cc1. The van der Waals surface area contributed by atoms with Crippen molar-refractivity contribution in [3.05, 3.63) is 88.0 Å². The van der Waals surface area contributed by atoms with Gasteiger partial charge in [0.1, 0.15) is 29.5 Å². The Bertz CT molecular complexity index is 1750. The lowest BCUT2D eigenvalue weighted by Crippen LogP contribution is -2.73. The number of hydrogen-bond acceptors (Lipinski definition) is 13. The Kier molecular flexibility index (Phi) is 9.94. The lowest BCUT2D eigenvalue weighted by Gasteiger charge is -2.49. The normalized spacial score (nSPS) is 19.1. The average molecular weight is 700 g/mol. The van der Waals surface area contributed by atoms with Crippen LogP contribution in [0.5, 0.6) is 5.75 Å². The van der Waals surface area contributed by atoms with Gasteiger partial charge < -0.3 is 14.8 Å². The first-order chi connectivity index (χ1) is 21.9. The summed E-state index contributed by atoms with van der Waals surface area (Å²) in [6.45, 7) is -0.0322. The number of thioether (sulfide) groups is 1. The number of nitrogens with one attached hydrogen (secondary N) is 1. The number of esters is 1. The van der Waals surface area contributed by atoms with Crippen LogP contribution in [0.4, 0.5) is 0 Å². The van der Waals surface area contributed by atoms with Crippen LogP contribution in [0.1, 0.15) is 10.4 Å². The highest BCUT2D eigenvalue weighted by Gasteiger charge is 2.57. The lowest BCUT2D eigenvalue weighted by molar-refractivity contribution is -0.153. The molecule has 232 valence electrons. The predicted molar refractivity (Wildman–Crippen MR) is 172 cm³/mol. The van der Waals surface area contributed by atoms with Gasteiger partial charge in [-0.05, 0) is 70.1 Å². The van der Waals surface area contributed by atoms with Crippen LogP contribution in [0.3, 0.4) is 0 Å². The van der Waals surface area contributed by atoms with Crippen LogP contribution in [-0.4, -0.2) is 71.3 Å². The molecule has 11 nitrogen and oxygen atoms in total. The number of carbonyl (C=O) groups is 3. The van der Waals surface area contributed by atoms with Gasteiger partial charge in [0.05, 0.1) is 30.1 Å². The Balaban J connectivity index is 1.19. The van der Waals surface area contributed by atoms with E-state index in [9.17, 15) is 18.6 Å². The summed E-state index contributed by atoms with van der Waals surface area (Å²) >= 11 is 5.40. The van der Waals surface area contributed by atoms with Gasteiger partial charge in [-0.3, -0.25) is 23.7 Å². The van der Waals surface area contributed by atoms with Gasteiger partial charge in [0.2, 0.25) is 11.1 Å². The topological polar surface area (TPSA) is 141 Å². The zero-order valence-corrected chi connectivity index (χ0v) is 27.7. The van der Waals surface area contributed by atoms with Crippen LogP contribution >= 0.6 is 46.4 Å². The monoisotopic (exact) mass is 699 g/mol. The maximum absolute atomic E-state index is 13.6. The molecule has 16 heteroatoms. The molecule has 0 aliphatic carbocycles. The molecule has 2 aliphatic rings. The largest absolute Gasteiger partial charge is 0.497 e. The summed E-state index contributed by atoms with van der Waals surface area (Å²) in [5.41, 5.74) is 1.30. The quantitative estimate of drug-likeness (QED) is 0.131. The molecular formula is C29H25N5O6S5. The van der Waals surface area contributed by atoms with Crippen LogP contribution in [0.2, 0.25) is 0 Å². The Morgan fingerprint density at radius 1 is 1.16 bits per heavy atom. The molecule has 1 aromatic carbocycles. The molecule has 3 atom stereocenters. The molecule has 0 radical (unpaired) electrons. The number of methoxy groups -OCH3 is 1. The number of thiophene rings is 1. The van der Waals surface area contributed by atoms with Crippen molar-refractivity contribution in [3.63, 3.8) is 0 Å². The number of aromatic nitrogens is 3. The predicted octanol–water partition coefficient (Wildman–Crippen LogP) is 3.90. The van der Waals surface area contributed by atoms with Crippen LogP contribution in [0.15, 0.2) is 92.0 Å². The number of β-lactam (4-membered cyclic amide) rings is 1. The van der Waals surface area contributed by atoms with Crippen LogP contribution in [0.25, 0.3) is 0 Å². The van der Waals surface area contributed by atoms with E-state index in [0.717, 1.165) is 15.3 Å². The van der Waals surface area contributed by atoms with Crippen molar-refractivity contribution < 1.29 is 28.1 Å². The van der Waals surface area contributed by atoms with Crippen molar-refractivity contribution in [2.75, 3.05) is 18.6 Å². The third kappa shape index (κ3) is 7.30. The van der Waals surface area contributed by atoms with Crippen LogP contribution < -0.4 is 10.1 Å². The van der Waals surface area contributed by atoms with Crippen LogP contribution in [-0.2, 0) is 42.9 Å². The highest BCUT2D eigenvalue weighted by molar-refractivity contribution is 8.01. The second-order valence-corrected chi connectivity index (χ2v) is 15.3. The molecule has 1 fully saturated rings. The third-order valence-corrected chi connectivity index (χ3v) is 12.2. The van der Waals surface area contributed by atoms with E-state index in [0.29, 0.717) is 20.8 Å². The zero-order valence-electron chi connectivity index (χ0n) is 23.6. The van der Waals surface area contributed by atoms with E-state index in [1.54, 1.807) is 43.8 Å². The summed E-state index contributed by atoms with van der Waals surface area (Å²) in [5, 5.41) is 4.30. The Morgan fingerprint density at radius 2 is 1.96 bits per heavy atom. The van der Waals surface area contributed by atoms with E-state index in [2.05, 4.69) is 19.7 Å². The molecule has 0 spiro atoms. The van der Waals surface area contributed by atoms with Crippen molar-refractivity contribution in [1.82, 2.24) is 24.6 Å². The first-order valence-electron chi connectivity index (χ1n) is 13.5. The summed E-state index contributed by atoms with van der Waals surface area (Å²) in [4.78, 5) is 51.3. The Labute approximate surface area is 277 Å². The molecule has 45 heavy (non-hydrogen) atoms. The highest BCUT2D eigenvalue weighted by atomic mass is 32.2. The molecule has 0 bridgehead atoms. The first kappa shape index (κ1) is 31.4. The van der Waals surface area contributed by atoms with Gasteiger partial charge in [-0.1, -0.05) is 30.0 Å². The number of nitrogens with zero attached hydrogens (tertiary/aromatic N) is 4. The van der Waals surface area contributed by atoms with E-state index in [4.69, 9.17) is 9.47 Å². The molecule has 2 amide bonds. The number of carbonyl (C=O) groups excluding carboxylic acids is 3. The number of amides is 2. The fourth-order valence-electron chi connectivity index (χ4n) is 4.65. The first-order valence-corrected chi connectivity index (χ1v) is 18.3. The summed E-state index contributed by atoms with van der Waals surface area (Å²) in [6.07, 6.45) is 3.50. The van der Waals surface area contributed by atoms with Gasteiger partial charge in [0.25, 0.3) is 5.91 Å². The number of benzene rings is 1. The number of rotatable bonds is 12. The number of pyridine rings is 1. The fourth-order valence-corrected chi connectivity index (χ4v) is 9.66. The van der Waals surface area contributed by atoms with E-state index < -0.39 is 34.1 Å². The minimum atomic E-state index is -1.57. The summed E-state index contributed by atoms with van der Waals surface area (Å²) in [6, 6.07) is 13.5. The smallest absolute Gasteiger partial charge is 0.355 e. The molecule has 5 heterocycles. The second kappa shape index (κ2) is 14.2. The molecule has 0 saturated carbocycles. The maximum atomic E-state index is 13.6. The fraction of sp³-hybridized carbons (Fsp3) is 0.241. The summed E-state index contributed by atoms with van der Waals surface area (Å²) in [7, 11) is -0.00254. The molecule has 3 aromatic heterocycles. The van der Waals surface area contributed by atoms with Crippen LogP contribution in [0, 0.1) is 0 Å². The maximum Gasteiger partial charge on any atom is 0.355 e. The minimum Gasteiger partial charge on any atom is -0.497 e. The van der Waals surface area contributed by atoms with Gasteiger partial charge in [-0.25, -0.2) is 9.78 Å². The standard InChI is InChI=1S/C29H25N5O6S5/c1-39-19-6-4-17(5-7-19)14-40-27(37)24-18(15-42-29-32-28(33-44-29)43-20-8-10-30-11-9-20)16-45(38)26-23(25(36)34(24)26)31-22(35)13-21-3-2-12-41-21/h2-12,23,26H,13-16H2,1H3,(H,31,35)/t23?,26-,45?/m1/s1. The third-order valence-electron chi connectivity index (χ3n) is 6.78. The minimum absolute atomic E-state index is 0.0322. The molecule has 2 aliphatic heterocycles. The van der Waals surface area contributed by atoms with Crippen molar-refractivity contribution in [3.8, 4) is 5.75 Å². The number of hydrogen-bond donors (Lipinski definition) is 1. The molecule has 2 unspecified atom stereocenters. The Morgan fingerprint density at radius 3 is 2.69 bits per heavy atom. The Hall–Kier alpha value is -3.57. The van der Waals surface area contributed by atoms with E-state index in [-0.39, 0.29) is 36.1 Å². The molecule has 4 aromatic rings. The van der Waals surface area contributed by atoms with Crippen molar-refractivity contribution in [2.24, 2.45) is 0 Å². The van der Waals surface area contributed by atoms with Crippen molar-refractivity contribution >= 4 is 75.0 Å².